The molecule has 0 aliphatic carbocycles. The van der Waals surface area contributed by atoms with Crippen molar-refractivity contribution >= 4 is 16.9 Å². The van der Waals surface area contributed by atoms with E-state index in [4.69, 9.17) is 4.74 Å². The Morgan fingerprint density at radius 3 is 2.88 bits per heavy atom. The molecule has 0 amide bonds. The monoisotopic (exact) mass is 232 g/mol. The van der Waals surface area contributed by atoms with E-state index in [2.05, 4.69) is 5.32 Å². The maximum absolute atomic E-state index is 11.8. The molecule has 1 heterocycles. The van der Waals surface area contributed by atoms with E-state index in [1.165, 1.54) is 0 Å². The summed E-state index contributed by atoms with van der Waals surface area (Å²) in [7, 11) is 1.85. The predicted octanol–water partition coefficient (Wildman–Crippen LogP) is 1.99. The minimum absolute atomic E-state index is 0.279. The van der Waals surface area contributed by atoms with Gasteiger partial charge in [-0.25, -0.2) is 4.79 Å². The van der Waals surface area contributed by atoms with E-state index in [0.717, 1.165) is 10.9 Å². The molecule has 0 saturated carbocycles. The molecule has 0 aliphatic heterocycles. The fraction of sp³-hybridized carbons (Fsp3) is 0.308. The van der Waals surface area contributed by atoms with Gasteiger partial charge in [0.25, 0.3) is 0 Å². The number of carbonyl (C=O) groups excluding carboxylic acids is 1. The molecular formula is C13H16N2O2. The molecule has 0 radical (unpaired) electrons. The van der Waals surface area contributed by atoms with Crippen molar-refractivity contribution in [3.8, 4) is 0 Å². The van der Waals surface area contributed by atoms with Crippen LogP contribution in [0.3, 0.4) is 0 Å². The Morgan fingerprint density at radius 1 is 1.41 bits per heavy atom. The van der Waals surface area contributed by atoms with E-state index in [-0.39, 0.29) is 5.97 Å². The van der Waals surface area contributed by atoms with Gasteiger partial charge in [0, 0.05) is 10.9 Å². The molecular weight excluding hydrogens is 216 g/mol. The SMILES string of the molecule is CCOC(=O)c1cc2ccccc2n1CNC. The first-order chi connectivity index (χ1) is 8.27. The lowest BCUT2D eigenvalue weighted by Crippen LogP contribution is -2.18. The molecule has 2 rings (SSSR count). The summed E-state index contributed by atoms with van der Waals surface area (Å²) in [6.07, 6.45) is 0. The van der Waals surface area contributed by atoms with Crippen LogP contribution in [0.1, 0.15) is 17.4 Å². The second-order valence-electron chi connectivity index (χ2n) is 3.75. The third kappa shape index (κ3) is 2.17. The van der Waals surface area contributed by atoms with Crippen LogP contribution in [0, 0.1) is 0 Å². The summed E-state index contributed by atoms with van der Waals surface area (Å²) in [6, 6.07) is 9.77. The molecule has 17 heavy (non-hydrogen) atoms. The number of hydrogen-bond acceptors (Lipinski definition) is 3. The largest absolute Gasteiger partial charge is 0.461 e. The highest BCUT2D eigenvalue weighted by molar-refractivity contribution is 5.95. The Balaban J connectivity index is 2.53. The zero-order valence-electron chi connectivity index (χ0n) is 10.1. The molecule has 2 aromatic rings. The summed E-state index contributed by atoms with van der Waals surface area (Å²) in [4.78, 5) is 11.8. The van der Waals surface area contributed by atoms with Crippen LogP contribution in [0.5, 0.6) is 0 Å². The molecule has 0 atom stereocenters. The summed E-state index contributed by atoms with van der Waals surface area (Å²) in [6.45, 7) is 2.78. The van der Waals surface area contributed by atoms with Gasteiger partial charge in [-0.15, -0.1) is 0 Å². The average Bonchev–Trinajstić information content (AvgIpc) is 2.70. The van der Waals surface area contributed by atoms with Crippen molar-refractivity contribution in [3.05, 3.63) is 36.0 Å². The summed E-state index contributed by atoms with van der Waals surface area (Å²) in [5.41, 5.74) is 1.62. The third-order valence-corrected chi connectivity index (χ3v) is 2.61. The van der Waals surface area contributed by atoms with Crippen molar-refractivity contribution in [2.45, 2.75) is 13.6 Å². The number of nitrogens with zero attached hydrogens (tertiary/aromatic N) is 1. The molecule has 90 valence electrons. The summed E-state index contributed by atoms with van der Waals surface area (Å²) in [5, 5.41) is 4.10. The molecule has 1 aromatic heterocycles. The number of aromatic nitrogens is 1. The first-order valence-corrected chi connectivity index (χ1v) is 5.68. The van der Waals surface area contributed by atoms with Gasteiger partial charge in [-0.1, -0.05) is 18.2 Å². The van der Waals surface area contributed by atoms with Crippen LogP contribution in [-0.4, -0.2) is 24.2 Å². The van der Waals surface area contributed by atoms with Crippen molar-refractivity contribution in [2.24, 2.45) is 0 Å². The molecule has 0 unspecified atom stereocenters. The van der Waals surface area contributed by atoms with Crippen molar-refractivity contribution in [1.82, 2.24) is 9.88 Å². The quantitative estimate of drug-likeness (QED) is 0.820. The molecule has 1 aromatic carbocycles. The molecule has 0 fully saturated rings. The highest BCUT2D eigenvalue weighted by atomic mass is 16.5. The van der Waals surface area contributed by atoms with E-state index in [1.54, 1.807) is 0 Å². The Bertz CT molecular complexity index is 531. The van der Waals surface area contributed by atoms with Gasteiger partial charge in [0.1, 0.15) is 5.69 Å². The molecule has 0 bridgehead atoms. The van der Waals surface area contributed by atoms with Crippen LogP contribution in [0.2, 0.25) is 0 Å². The van der Waals surface area contributed by atoms with Gasteiger partial charge in [-0.3, -0.25) is 0 Å². The lowest BCUT2D eigenvalue weighted by molar-refractivity contribution is 0.0514. The second-order valence-corrected chi connectivity index (χ2v) is 3.75. The number of fused-ring (bicyclic) bond motifs is 1. The van der Waals surface area contributed by atoms with Gasteiger partial charge in [0.15, 0.2) is 0 Å². The molecule has 1 N–H and O–H groups in total. The summed E-state index contributed by atoms with van der Waals surface area (Å²) >= 11 is 0. The maximum atomic E-state index is 11.8. The van der Waals surface area contributed by atoms with E-state index >= 15 is 0 Å². The van der Waals surface area contributed by atoms with Crippen molar-refractivity contribution in [2.75, 3.05) is 13.7 Å². The van der Waals surface area contributed by atoms with Crippen LogP contribution in [-0.2, 0) is 11.4 Å². The molecule has 0 aliphatic rings. The van der Waals surface area contributed by atoms with Crippen LogP contribution < -0.4 is 5.32 Å². The lowest BCUT2D eigenvalue weighted by Gasteiger charge is -2.08. The van der Waals surface area contributed by atoms with Gasteiger partial charge >= 0.3 is 5.97 Å². The van der Waals surface area contributed by atoms with E-state index < -0.39 is 0 Å². The van der Waals surface area contributed by atoms with Crippen molar-refractivity contribution in [3.63, 3.8) is 0 Å². The van der Waals surface area contributed by atoms with Crippen molar-refractivity contribution in [1.29, 1.82) is 0 Å². The Kier molecular flexibility index (Phi) is 3.44. The van der Waals surface area contributed by atoms with E-state index in [0.29, 0.717) is 19.0 Å². The number of rotatable bonds is 4. The predicted molar refractivity (Wildman–Crippen MR) is 67.0 cm³/mol. The third-order valence-electron chi connectivity index (χ3n) is 2.61. The first kappa shape index (κ1) is 11.7. The van der Waals surface area contributed by atoms with Gasteiger partial charge in [0.05, 0.1) is 13.3 Å². The van der Waals surface area contributed by atoms with Gasteiger partial charge < -0.3 is 14.6 Å². The van der Waals surface area contributed by atoms with E-state index in [1.807, 2.05) is 48.9 Å². The highest BCUT2D eigenvalue weighted by Gasteiger charge is 2.15. The number of ether oxygens (including phenoxy) is 1. The number of hydrogen-bond donors (Lipinski definition) is 1. The minimum atomic E-state index is -0.279. The highest BCUT2D eigenvalue weighted by Crippen LogP contribution is 2.19. The Hall–Kier alpha value is -1.81. The summed E-state index contributed by atoms with van der Waals surface area (Å²) < 4.78 is 6.98. The number of benzene rings is 1. The average molecular weight is 232 g/mol. The lowest BCUT2D eigenvalue weighted by atomic mass is 10.2. The smallest absolute Gasteiger partial charge is 0.355 e. The van der Waals surface area contributed by atoms with Gasteiger partial charge in [-0.05, 0) is 26.1 Å². The van der Waals surface area contributed by atoms with E-state index in [9.17, 15) is 4.79 Å². The zero-order valence-corrected chi connectivity index (χ0v) is 10.1. The van der Waals surface area contributed by atoms with Gasteiger partial charge in [0.2, 0.25) is 0 Å². The number of para-hydroxylation sites is 1. The van der Waals surface area contributed by atoms with Crippen LogP contribution >= 0.6 is 0 Å². The molecule has 4 nitrogen and oxygen atoms in total. The molecule has 4 heteroatoms. The topological polar surface area (TPSA) is 43.3 Å². The number of carbonyl (C=O) groups is 1. The van der Waals surface area contributed by atoms with Crippen molar-refractivity contribution < 1.29 is 9.53 Å². The normalized spacial score (nSPS) is 10.7. The maximum Gasteiger partial charge on any atom is 0.355 e. The Morgan fingerprint density at radius 2 is 2.18 bits per heavy atom. The molecule has 0 saturated heterocycles. The van der Waals surface area contributed by atoms with Gasteiger partial charge in [-0.2, -0.15) is 0 Å². The number of esters is 1. The van der Waals surface area contributed by atoms with Crippen LogP contribution in [0.15, 0.2) is 30.3 Å². The first-order valence-electron chi connectivity index (χ1n) is 5.68. The summed E-state index contributed by atoms with van der Waals surface area (Å²) in [5.74, 6) is -0.279. The second kappa shape index (κ2) is 5.01. The fourth-order valence-corrected chi connectivity index (χ4v) is 1.91. The zero-order chi connectivity index (χ0) is 12.3. The number of nitrogens with one attached hydrogen (secondary N) is 1. The van der Waals surface area contributed by atoms with Crippen LogP contribution in [0.25, 0.3) is 10.9 Å². The van der Waals surface area contributed by atoms with Crippen LogP contribution in [0.4, 0.5) is 0 Å². The fourth-order valence-electron chi connectivity index (χ4n) is 1.91. The Labute approximate surface area is 100 Å². The minimum Gasteiger partial charge on any atom is -0.461 e. The standard InChI is InChI=1S/C13H16N2O2/c1-3-17-13(16)12-8-10-6-4-5-7-11(10)15(12)9-14-2/h4-8,14H,3,9H2,1-2H3. The molecule has 0 spiro atoms.